The minimum Gasteiger partial charge on any atom is -0.351 e. The van der Waals surface area contributed by atoms with Gasteiger partial charge in [-0.1, -0.05) is 23.1 Å². The van der Waals surface area contributed by atoms with Crippen LogP contribution in [0.25, 0.3) is 20.7 Å². The Balaban J connectivity index is 1.48. The zero-order valence-corrected chi connectivity index (χ0v) is 17.9. The van der Waals surface area contributed by atoms with Crippen molar-refractivity contribution >= 4 is 61.1 Å². The summed E-state index contributed by atoms with van der Waals surface area (Å²) >= 11 is 5.29. The fraction of sp³-hybridized carbons (Fsp3) is 0.250. The Hall–Kier alpha value is -1.96. The molecule has 152 valence electrons. The van der Waals surface area contributed by atoms with Gasteiger partial charge in [0.15, 0.2) is 4.34 Å². The highest BCUT2D eigenvalue weighted by Gasteiger charge is 2.27. The van der Waals surface area contributed by atoms with Crippen molar-refractivity contribution in [1.82, 2.24) is 20.2 Å². The Morgan fingerprint density at radius 1 is 1.24 bits per heavy atom. The second-order valence-electron chi connectivity index (χ2n) is 5.88. The van der Waals surface area contributed by atoms with E-state index in [9.17, 15) is 18.0 Å². The number of aromatic nitrogens is 4. The van der Waals surface area contributed by atoms with Crippen molar-refractivity contribution in [2.24, 2.45) is 0 Å². The molecule has 0 amide bonds. The number of halogens is 3. The van der Waals surface area contributed by atoms with Gasteiger partial charge in [0.25, 0.3) is 5.56 Å². The number of rotatable bonds is 6. The molecule has 0 atom stereocenters. The lowest BCUT2D eigenvalue weighted by atomic mass is 10.2. The number of nitrogens with zero attached hydrogens (tertiary/aromatic N) is 3. The van der Waals surface area contributed by atoms with E-state index in [0.717, 1.165) is 26.7 Å². The summed E-state index contributed by atoms with van der Waals surface area (Å²) in [5.74, 6) is 0.799. The van der Waals surface area contributed by atoms with Crippen LogP contribution in [0.3, 0.4) is 0 Å². The van der Waals surface area contributed by atoms with E-state index in [2.05, 4.69) is 25.5 Å². The lowest BCUT2D eigenvalue weighted by molar-refractivity contribution is -0.115. The number of nitrogens with one attached hydrogen (secondary N) is 2. The molecule has 4 aromatic heterocycles. The molecule has 0 saturated carbocycles. The smallest absolute Gasteiger partial charge is 0.351 e. The Morgan fingerprint density at radius 3 is 2.79 bits per heavy atom. The predicted octanol–water partition coefficient (Wildman–Crippen LogP) is 5.14. The van der Waals surface area contributed by atoms with Gasteiger partial charge in [0.1, 0.15) is 17.2 Å². The third-order valence-corrected chi connectivity index (χ3v) is 7.61. The van der Waals surface area contributed by atoms with Crippen LogP contribution in [-0.2, 0) is 5.75 Å². The first-order valence-corrected chi connectivity index (χ1v) is 11.6. The van der Waals surface area contributed by atoms with Crippen LogP contribution in [-0.4, -0.2) is 32.9 Å². The summed E-state index contributed by atoms with van der Waals surface area (Å²) in [6, 6.07) is 4.00. The van der Waals surface area contributed by atoms with E-state index >= 15 is 0 Å². The average molecular weight is 476 g/mol. The van der Waals surface area contributed by atoms with Crippen molar-refractivity contribution in [3.05, 3.63) is 38.6 Å². The van der Waals surface area contributed by atoms with Crippen LogP contribution in [0.4, 0.5) is 18.3 Å². The molecule has 0 saturated heterocycles. The maximum Gasteiger partial charge on any atom is 0.405 e. The summed E-state index contributed by atoms with van der Waals surface area (Å²) < 4.78 is 37.2. The molecule has 2 N–H and O–H groups in total. The van der Waals surface area contributed by atoms with E-state index in [1.54, 1.807) is 11.3 Å². The van der Waals surface area contributed by atoms with E-state index < -0.39 is 12.7 Å². The molecule has 0 fully saturated rings. The SMILES string of the molecule is Cc1ccc(-c2csc3nc(CSc4nnc(NCC(F)(F)F)s4)[nH]c(=O)c23)s1. The number of aromatic amines is 1. The Morgan fingerprint density at radius 2 is 2.07 bits per heavy atom. The normalized spacial score (nSPS) is 12.0. The third-order valence-electron chi connectivity index (χ3n) is 3.68. The first kappa shape index (κ1) is 20.3. The molecule has 0 aliphatic rings. The van der Waals surface area contributed by atoms with Crippen molar-refractivity contribution in [2.45, 2.75) is 23.2 Å². The average Bonchev–Trinajstić information content (AvgIpc) is 3.36. The monoisotopic (exact) mass is 475 g/mol. The van der Waals surface area contributed by atoms with Gasteiger partial charge < -0.3 is 10.3 Å². The standard InChI is InChI=1S/C16H12F3N5OS4/c1-7-2-3-9(28-7)8-4-26-13-11(8)12(25)21-10(22-13)5-27-15-24-23-14(29-15)20-6-16(17,18)19/h2-4H,5-6H2,1H3,(H,20,23)(H,21,22,25). The summed E-state index contributed by atoms with van der Waals surface area (Å²) in [4.78, 5) is 22.8. The van der Waals surface area contributed by atoms with Gasteiger partial charge in [-0.05, 0) is 19.1 Å². The van der Waals surface area contributed by atoms with Gasteiger partial charge in [-0.25, -0.2) is 4.98 Å². The number of thiophene rings is 2. The summed E-state index contributed by atoms with van der Waals surface area (Å²) in [6.45, 7) is 0.848. The van der Waals surface area contributed by atoms with E-state index in [1.165, 1.54) is 23.1 Å². The van der Waals surface area contributed by atoms with Crippen LogP contribution in [0.15, 0.2) is 26.6 Å². The Kier molecular flexibility index (Phi) is 5.64. The van der Waals surface area contributed by atoms with Gasteiger partial charge in [-0.15, -0.1) is 32.9 Å². The van der Waals surface area contributed by atoms with Crippen molar-refractivity contribution in [3.63, 3.8) is 0 Å². The second kappa shape index (κ2) is 8.05. The van der Waals surface area contributed by atoms with Gasteiger partial charge in [-0.3, -0.25) is 4.79 Å². The van der Waals surface area contributed by atoms with Crippen molar-refractivity contribution in [1.29, 1.82) is 0 Å². The van der Waals surface area contributed by atoms with Crippen molar-refractivity contribution < 1.29 is 13.2 Å². The molecule has 0 bridgehead atoms. The van der Waals surface area contributed by atoms with Crippen molar-refractivity contribution in [3.8, 4) is 10.4 Å². The number of alkyl halides is 3. The fourth-order valence-corrected chi connectivity index (χ4v) is 6.01. The van der Waals surface area contributed by atoms with Crippen LogP contribution < -0.4 is 10.9 Å². The molecule has 0 aromatic carbocycles. The number of hydrogen-bond donors (Lipinski definition) is 2. The molecule has 0 radical (unpaired) electrons. The second-order valence-corrected chi connectivity index (χ2v) is 10.2. The van der Waals surface area contributed by atoms with Gasteiger partial charge in [0, 0.05) is 20.7 Å². The first-order chi connectivity index (χ1) is 13.8. The van der Waals surface area contributed by atoms with E-state index in [4.69, 9.17) is 0 Å². The molecule has 6 nitrogen and oxygen atoms in total. The van der Waals surface area contributed by atoms with Gasteiger partial charge >= 0.3 is 6.18 Å². The molecule has 13 heteroatoms. The highest BCUT2D eigenvalue weighted by Crippen LogP contribution is 2.35. The van der Waals surface area contributed by atoms with Crippen LogP contribution >= 0.6 is 45.8 Å². The van der Waals surface area contributed by atoms with Crippen LogP contribution in [0.1, 0.15) is 10.7 Å². The number of thioether (sulfide) groups is 1. The van der Waals surface area contributed by atoms with E-state index in [1.807, 2.05) is 24.4 Å². The van der Waals surface area contributed by atoms with Crippen molar-refractivity contribution in [2.75, 3.05) is 11.9 Å². The Labute approximate surface area is 178 Å². The molecule has 0 spiro atoms. The summed E-state index contributed by atoms with van der Waals surface area (Å²) in [6.07, 6.45) is -4.32. The Bertz CT molecular complexity index is 1210. The lowest BCUT2D eigenvalue weighted by Gasteiger charge is -2.05. The van der Waals surface area contributed by atoms with E-state index in [0.29, 0.717) is 26.1 Å². The minimum atomic E-state index is -4.32. The van der Waals surface area contributed by atoms with Crippen LogP contribution in [0.5, 0.6) is 0 Å². The molecule has 4 rings (SSSR count). The van der Waals surface area contributed by atoms with Gasteiger partial charge in [0.05, 0.1) is 11.1 Å². The minimum absolute atomic E-state index is 0.0934. The highest BCUT2D eigenvalue weighted by atomic mass is 32.2. The fourth-order valence-electron chi connectivity index (χ4n) is 2.47. The zero-order valence-electron chi connectivity index (χ0n) is 14.7. The molecule has 0 aliphatic heterocycles. The van der Waals surface area contributed by atoms with Gasteiger partial charge in [-0.2, -0.15) is 13.2 Å². The summed E-state index contributed by atoms with van der Waals surface area (Å²) in [5, 5.41) is 12.3. The number of hydrogen-bond acceptors (Lipinski definition) is 9. The molecule has 0 aliphatic carbocycles. The quantitative estimate of drug-likeness (QED) is 0.376. The first-order valence-electron chi connectivity index (χ1n) is 8.12. The molecule has 4 aromatic rings. The number of aryl methyl sites for hydroxylation is 1. The highest BCUT2D eigenvalue weighted by molar-refractivity contribution is 8.00. The molecular weight excluding hydrogens is 463 g/mol. The number of anilines is 1. The van der Waals surface area contributed by atoms with Gasteiger partial charge in [0.2, 0.25) is 5.13 Å². The maximum absolute atomic E-state index is 12.6. The zero-order chi connectivity index (χ0) is 20.6. The predicted molar refractivity (Wildman–Crippen MR) is 112 cm³/mol. The summed E-state index contributed by atoms with van der Waals surface area (Å²) in [7, 11) is 0. The van der Waals surface area contributed by atoms with Crippen LogP contribution in [0.2, 0.25) is 0 Å². The maximum atomic E-state index is 12.6. The molecular formula is C16H12F3N5OS4. The number of H-pyrrole nitrogens is 1. The molecule has 4 heterocycles. The third kappa shape index (κ3) is 4.79. The molecule has 29 heavy (non-hydrogen) atoms. The largest absolute Gasteiger partial charge is 0.405 e. The topological polar surface area (TPSA) is 83.6 Å². The number of fused-ring (bicyclic) bond motifs is 1. The molecule has 0 unspecified atom stereocenters. The lowest BCUT2D eigenvalue weighted by Crippen LogP contribution is -2.21. The van der Waals surface area contributed by atoms with E-state index in [-0.39, 0.29) is 10.7 Å². The van der Waals surface area contributed by atoms with Crippen LogP contribution in [0, 0.1) is 6.92 Å². The summed E-state index contributed by atoms with van der Waals surface area (Å²) in [5.41, 5.74) is 0.665.